The summed E-state index contributed by atoms with van der Waals surface area (Å²) in [4.78, 5) is 4.60. The molecule has 7 aromatic rings. The zero-order valence-corrected chi connectivity index (χ0v) is 20.8. The third kappa shape index (κ3) is 3.75. The quantitative estimate of drug-likeness (QED) is 0.248. The number of oxazole rings is 1. The summed E-state index contributed by atoms with van der Waals surface area (Å²) >= 11 is 0. The number of hydrogen-bond donors (Lipinski definition) is 0. The molecule has 38 heavy (non-hydrogen) atoms. The molecule has 0 spiro atoms. The largest absolute Gasteiger partial charge is 0.440 e. The average Bonchev–Trinajstić information content (AvgIpc) is 3.37. The van der Waals surface area contributed by atoms with Gasteiger partial charge < -0.3 is 4.42 Å². The van der Waals surface area contributed by atoms with Crippen LogP contribution in [-0.2, 0) is 0 Å². The van der Waals surface area contributed by atoms with Gasteiger partial charge in [-0.25, -0.2) is 4.98 Å². The SMILES string of the molecule is Cc1nc2cccc(-c3c(-c4ccccc4-c4ccc(-c5ccccc5)nn4)ccc4ccccc34)c2o1. The highest BCUT2D eigenvalue weighted by Gasteiger charge is 2.19. The third-order valence-electron chi connectivity index (χ3n) is 6.95. The maximum atomic E-state index is 6.13. The van der Waals surface area contributed by atoms with Gasteiger partial charge in [0.1, 0.15) is 5.52 Å². The zero-order chi connectivity index (χ0) is 25.5. The van der Waals surface area contributed by atoms with E-state index in [0.29, 0.717) is 5.89 Å². The molecule has 4 nitrogen and oxygen atoms in total. The Morgan fingerprint density at radius 3 is 2.08 bits per heavy atom. The van der Waals surface area contributed by atoms with Crippen molar-refractivity contribution in [3.8, 4) is 44.8 Å². The molecule has 0 saturated carbocycles. The molecule has 0 amide bonds. The predicted octanol–water partition coefficient (Wildman–Crippen LogP) is 8.75. The molecule has 0 N–H and O–H groups in total. The third-order valence-corrected chi connectivity index (χ3v) is 6.95. The van der Waals surface area contributed by atoms with Crippen molar-refractivity contribution in [1.82, 2.24) is 15.2 Å². The Hall–Kier alpha value is -5.09. The van der Waals surface area contributed by atoms with Gasteiger partial charge in [0.15, 0.2) is 11.5 Å². The van der Waals surface area contributed by atoms with Crippen molar-refractivity contribution in [2.24, 2.45) is 0 Å². The standard InChI is InChI=1S/C34H23N3O/c1-22-35-32-17-9-16-29(34(32)38-22)33-25-13-6-5-10-23(25)18-19-28(33)26-14-7-8-15-27(26)31-21-20-30(36-37-31)24-11-3-2-4-12-24/h2-21H,1H3. The van der Waals surface area contributed by atoms with Crippen molar-refractivity contribution in [2.75, 3.05) is 0 Å². The van der Waals surface area contributed by atoms with Gasteiger partial charge in [-0.2, -0.15) is 0 Å². The first kappa shape index (κ1) is 22.1. The van der Waals surface area contributed by atoms with Gasteiger partial charge in [0.2, 0.25) is 0 Å². The van der Waals surface area contributed by atoms with Crippen LogP contribution in [-0.4, -0.2) is 15.2 Å². The van der Waals surface area contributed by atoms with Crippen molar-refractivity contribution in [3.05, 3.63) is 127 Å². The number of aryl methyl sites for hydroxylation is 1. The fourth-order valence-corrected chi connectivity index (χ4v) is 5.22. The van der Waals surface area contributed by atoms with Crippen LogP contribution in [0.4, 0.5) is 0 Å². The van der Waals surface area contributed by atoms with Crippen LogP contribution in [0.5, 0.6) is 0 Å². The first-order valence-electron chi connectivity index (χ1n) is 12.6. The number of aromatic nitrogens is 3. The highest BCUT2D eigenvalue weighted by Crippen LogP contribution is 2.43. The number of rotatable bonds is 4. The van der Waals surface area contributed by atoms with Crippen molar-refractivity contribution >= 4 is 21.9 Å². The highest BCUT2D eigenvalue weighted by molar-refractivity contribution is 6.10. The number of para-hydroxylation sites is 1. The Bertz CT molecular complexity index is 1920. The molecule has 0 fully saturated rings. The molecule has 4 heteroatoms. The van der Waals surface area contributed by atoms with E-state index >= 15 is 0 Å². The number of benzene rings is 5. The molecule has 0 radical (unpaired) electrons. The van der Waals surface area contributed by atoms with E-state index in [2.05, 4.69) is 81.9 Å². The summed E-state index contributed by atoms with van der Waals surface area (Å²) in [7, 11) is 0. The van der Waals surface area contributed by atoms with Crippen LogP contribution in [0.3, 0.4) is 0 Å². The molecule has 180 valence electrons. The fourth-order valence-electron chi connectivity index (χ4n) is 5.22. The molecule has 5 aromatic carbocycles. The highest BCUT2D eigenvalue weighted by atomic mass is 16.3. The van der Waals surface area contributed by atoms with Crippen LogP contribution in [0.1, 0.15) is 5.89 Å². The molecule has 0 aliphatic carbocycles. The topological polar surface area (TPSA) is 51.8 Å². The van der Waals surface area contributed by atoms with E-state index < -0.39 is 0 Å². The van der Waals surface area contributed by atoms with E-state index in [1.165, 1.54) is 5.39 Å². The van der Waals surface area contributed by atoms with Gasteiger partial charge in [0.05, 0.1) is 11.4 Å². The first-order chi connectivity index (χ1) is 18.8. The lowest BCUT2D eigenvalue weighted by Gasteiger charge is -2.17. The van der Waals surface area contributed by atoms with Crippen LogP contribution in [0.2, 0.25) is 0 Å². The molecule has 2 heterocycles. The Morgan fingerprint density at radius 2 is 1.24 bits per heavy atom. The maximum Gasteiger partial charge on any atom is 0.192 e. The fraction of sp³-hybridized carbons (Fsp3) is 0.0294. The van der Waals surface area contributed by atoms with Gasteiger partial charge in [-0.3, -0.25) is 0 Å². The van der Waals surface area contributed by atoms with E-state index in [1.54, 1.807) is 0 Å². The van der Waals surface area contributed by atoms with Crippen LogP contribution in [0.25, 0.3) is 66.6 Å². The summed E-state index contributed by atoms with van der Waals surface area (Å²) in [5, 5.41) is 11.5. The molecule has 0 atom stereocenters. The second-order valence-corrected chi connectivity index (χ2v) is 9.31. The Morgan fingerprint density at radius 1 is 0.526 bits per heavy atom. The number of nitrogens with zero attached hydrogens (tertiary/aromatic N) is 3. The predicted molar refractivity (Wildman–Crippen MR) is 154 cm³/mol. The van der Waals surface area contributed by atoms with Crippen molar-refractivity contribution in [3.63, 3.8) is 0 Å². The minimum atomic E-state index is 0.656. The minimum Gasteiger partial charge on any atom is -0.440 e. The Balaban J connectivity index is 1.46. The van der Waals surface area contributed by atoms with Gasteiger partial charge in [0, 0.05) is 29.2 Å². The molecular weight excluding hydrogens is 466 g/mol. The second-order valence-electron chi connectivity index (χ2n) is 9.31. The van der Waals surface area contributed by atoms with Gasteiger partial charge in [0.25, 0.3) is 0 Å². The first-order valence-corrected chi connectivity index (χ1v) is 12.6. The molecular formula is C34H23N3O. The van der Waals surface area contributed by atoms with Gasteiger partial charge >= 0.3 is 0 Å². The molecule has 0 aliphatic heterocycles. The smallest absolute Gasteiger partial charge is 0.192 e. The summed E-state index contributed by atoms with van der Waals surface area (Å²) in [6, 6.07) is 41.6. The van der Waals surface area contributed by atoms with Crippen LogP contribution >= 0.6 is 0 Å². The van der Waals surface area contributed by atoms with E-state index in [0.717, 1.165) is 61.3 Å². The van der Waals surface area contributed by atoms with E-state index in [9.17, 15) is 0 Å². The second kappa shape index (κ2) is 9.09. The van der Waals surface area contributed by atoms with Gasteiger partial charge in [-0.15, -0.1) is 10.2 Å². The minimum absolute atomic E-state index is 0.656. The molecule has 2 aromatic heterocycles. The van der Waals surface area contributed by atoms with Crippen molar-refractivity contribution in [2.45, 2.75) is 6.92 Å². The summed E-state index contributed by atoms with van der Waals surface area (Å²) in [5.74, 6) is 0.656. The van der Waals surface area contributed by atoms with Crippen LogP contribution in [0.15, 0.2) is 126 Å². The lowest BCUT2D eigenvalue weighted by atomic mass is 9.87. The van der Waals surface area contributed by atoms with Crippen LogP contribution < -0.4 is 0 Å². The number of hydrogen-bond acceptors (Lipinski definition) is 4. The Kier molecular flexibility index (Phi) is 5.30. The summed E-state index contributed by atoms with van der Waals surface area (Å²) < 4.78 is 6.13. The maximum absolute atomic E-state index is 6.13. The molecule has 7 rings (SSSR count). The summed E-state index contributed by atoms with van der Waals surface area (Å²) in [6.45, 7) is 1.89. The van der Waals surface area contributed by atoms with E-state index in [4.69, 9.17) is 4.42 Å². The zero-order valence-electron chi connectivity index (χ0n) is 20.8. The normalized spacial score (nSPS) is 11.3. The van der Waals surface area contributed by atoms with E-state index in [-0.39, 0.29) is 0 Å². The summed E-state index contributed by atoms with van der Waals surface area (Å²) in [6.07, 6.45) is 0. The monoisotopic (exact) mass is 489 g/mol. The van der Waals surface area contributed by atoms with Crippen molar-refractivity contribution in [1.29, 1.82) is 0 Å². The lowest BCUT2D eigenvalue weighted by Crippen LogP contribution is -1.94. The Labute approximate surface area is 220 Å². The van der Waals surface area contributed by atoms with E-state index in [1.807, 2.05) is 61.5 Å². The molecule has 0 saturated heterocycles. The van der Waals surface area contributed by atoms with Crippen molar-refractivity contribution < 1.29 is 4.42 Å². The average molecular weight is 490 g/mol. The number of fused-ring (bicyclic) bond motifs is 2. The van der Waals surface area contributed by atoms with Gasteiger partial charge in [-0.05, 0) is 40.1 Å². The van der Waals surface area contributed by atoms with Gasteiger partial charge in [-0.1, -0.05) is 103 Å². The molecule has 0 bridgehead atoms. The van der Waals surface area contributed by atoms with Crippen LogP contribution in [0, 0.1) is 6.92 Å². The molecule has 0 unspecified atom stereocenters. The molecule has 0 aliphatic rings. The summed E-state index contributed by atoms with van der Waals surface area (Å²) in [5.41, 5.74) is 9.74. The lowest BCUT2D eigenvalue weighted by molar-refractivity contribution is 0.562.